The van der Waals surface area contributed by atoms with Gasteiger partial charge in [0.2, 0.25) is 5.91 Å². The Hall–Kier alpha value is -5.13. The number of thioether (sulfide) groups is 1. The predicted octanol–water partition coefficient (Wildman–Crippen LogP) is 6.79. The number of ether oxygens (including phenoxy) is 1. The fraction of sp³-hybridized carbons (Fsp3) is 0.0938. The standard InChI is InChI=1S/C32H27ClN4O6S/c1-20(30(38)35-26-18-23(33)15-16-29(26)43-2)44-25-13-8-12-24(19-25)34-32(40)27(36-31(39)21-9-4-3-5-10-21)17-22-11-6-7-14-28(22)37(41)42/h3-20H,1-2H3,(H,34,40)(H,35,38)(H,36,39)/b27-17+. The van der Waals surface area contributed by atoms with Gasteiger partial charge in [-0.15, -0.1) is 11.8 Å². The van der Waals surface area contributed by atoms with E-state index in [1.807, 2.05) is 0 Å². The van der Waals surface area contributed by atoms with Gasteiger partial charge in [-0.05, 0) is 67.6 Å². The number of para-hydroxylation sites is 1. The summed E-state index contributed by atoms with van der Waals surface area (Å²) in [4.78, 5) is 51.0. The van der Waals surface area contributed by atoms with E-state index in [-0.39, 0.29) is 22.9 Å². The molecule has 0 radical (unpaired) electrons. The van der Waals surface area contributed by atoms with Gasteiger partial charge in [0.1, 0.15) is 11.4 Å². The lowest BCUT2D eigenvalue weighted by molar-refractivity contribution is -0.385. The van der Waals surface area contributed by atoms with Crippen molar-refractivity contribution >= 4 is 64.2 Å². The molecule has 4 aromatic rings. The molecular formula is C32H27ClN4O6S. The molecule has 0 aliphatic carbocycles. The molecule has 0 heterocycles. The van der Waals surface area contributed by atoms with Crippen LogP contribution in [-0.2, 0) is 9.59 Å². The van der Waals surface area contributed by atoms with Crippen LogP contribution in [0.3, 0.4) is 0 Å². The fourth-order valence-electron chi connectivity index (χ4n) is 3.99. The Kier molecular flexibility index (Phi) is 10.7. The highest BCUT2D eigenvalue weighted by Crippen LogP contribution is 2.31. The zero-order valence-electron chi connectivity index (χ0n) is 23.6. The van der Waals surface area contributed by atoms with Gasteiger partial charge >= 0.3 is 0 Å². The van der Waals surface area contributed by atoms with E-state index < -0.39 is 22.0 Å². The van der Waals surface area contributed by atoms with Crippen LogP contribution in [0, 0.1) is 10.1 Å². The molecule has 0 bridgehead atoms. The number of benzene rings is 4. The molecule has 4 aromatic carbocycles. The monoisotopic (exact) mass is 630 g/mol. The molecule has 44 heavy (non-hydrogen) atoms. The molecule has 3 amide bonds. The first-order chi connectivity index (χ1) is 21.1. The molecule has 0 aromatic heterocycles. The van der Waals surface area contributed by atoms with Crippen molar-refractivity contribution in [2.45, 2.75) is 17.1 Å². The van der Waals surface area contributed by atoms with Gasteiger partial charge in [0.05, 0.1) is 28.5 Å². The smallest absolute Gasteiger partial charge is 0.276 e. The van der Waals surface area contributed by atoms with Crippen molar-refractivity contribution < 1.29 is 24.0 Å². The second-order valence-corrected chi connectivity index (χ2v) is 11.1. The maximum atomic E-state index is 13.4. The van der Waals surface area contributed by atoms with Gasteiger partial charge in [0.15, 0.2) is 0 Å². The van der Waals surface area contributed by atoms with Crippen molar-refractivity contribution in [1.82, 2.24) is 5.32 Å². The number of nitro benzene ring substituents is 1. The SMILES string of the molecule is COc1ccc(Cl)cc1NC(=O)C(C)Sc1cccc(NC(=O)/C(=C\c2ccccc2[N+](=O)[O-])NC(=O)c2ccccc2)c1. The van der Waals surface area contributed by atoms with Crippen LogP contribution in [0.1, 0.15) is 22.8 Å². The first-order valence-electron chi connectivity index (χ1n) is 13.2. The zero-order valence-corrected chi connectivity index (χ0v) is 25.1. The van der Waals surface area contributed by atoms with Gasteiger partial charge in [0, 0.05) is 27.2 Å². The van der Waals surface area contributed by atoms with Crippen LogP contribution in [0.4, 0.5) is 17.1 Å². The van der Waals surface area contributed by atoms with Crippen molar-refractivity contribution in [3.63, 3.8) is 0 Å². The molecule has 0 saturated heterocycles. The lowest BCUT2D eigenvalue weighted by atomic mass is 10.1. The molecular weight excluding hydrogens is 604 g/mol. The second-order valence-electron chi connectivity index (χ2n) is 9.27. The summed E-state index contributed by atoms with van der Waals surface area (Å²) in [6, 6.07) is 25.9. The number of methoxy groups -OCH3 is 1. The minimum atomic E-state index is -0.701. The van der Waals surface area contributed by atoms with Crippen LogP contribution in [0.15, 0.2) is 108 Å². The number of hydrogen-bond donors (Lipinski definition) is 3. The van der Waals surface area contributed by atoms with Gasteiger partial charge in [-0.25, -0.2) is 0 Å². The summed E-state index contributed by atoms with van der Waals surface area (Å²) >= 11 is 7.33. The summed E-state index contributed by atoms with van der Waals surface area (Å²) in [5, 5.41) is 19.6. The maximum Gasteiger partial charge on any atom is 0.276 e. The highest BCUT2D eigenvalue weighted by Gasteiger charge is 2.20. The normalized spacial score (nSPS) is 11.7. The summed E-state index contributed by atoms with van der Waals surface area (Å²) in [5.41, 5.74) is 0.828. The lowest BCUT2D eigenvalue weighted by Crippen LogP contribution is -2.30. The molecule has 4 rings (SSSR count). The number of amides is 3. The van der Waals surface area contributed by atoms with Crippen molar-refractivity contribution in [2.24, 2.45) is 0 Å². The van der Waals surface area contributed by atoms with Crippen LogP contribution < -0.4 is 20.7 Å². The zero-order chi connectivity index (χ0) is 31.6. The third-order valence-corrected chi connectivity index (χ3v) is 7.48. The van der Waals surface area contributed by atoms with Gasteiger partial charge in [-0.3, -0.25) is 24.5 Å². The Bertz CT molecular complexity index is 1730. The Labute approximate surface area is 262 Å². The van der Waals surface area contributed by atoms with E-state index in [1.165, 1.54) is 43.1 Å². The topological polar surface area (TPSA) is 140 Å². The molecule has 0 aliphatic heterocycles. The number of carbonyl (C=O) groups excluding carboxylic acids is 3. The van der Waals surface area contributed by atoms with Crippen molar-refractivity contribution in [3.05, 3.63) is 129 Å². The molecule has 224 valence electrons. The minimum absolute atomic E-state index is 0.136. The number of nitrogens with zero attached hydrogens (tertiary/aromatic N) is 1. The van der Waals surface area contributed by atoms with Crippen LogP contribution in [-0.4, -0.2) is 35.0 Å². The number of rotatable bonds is 11. The Morgan fingerprint density at radius 2 is 1.66 bits per heavy atom. The number of carbonyl (C=O) groups is 3. The molecule has 12 heteroatoms. The molecule has 3 N–H and O–H groups in total. The summed E-state index contributed by atoms with van der Waals surface area (Å²) in [6.45, 7) is 1.73. The van der Waals surface area contributed by atoms with Crippen LogP contribution in [0.2, 0.25) is 5.02 Å². The molecule has 0 aliphatic rings. The molecule has 10 nitrogen and oxygen atoms in total. The number of anilines is 2. The van der Waals surface area contributed by atoms with E-state index in [4.69, 9.17) is 16.3 Å². The number of hydrogen-bond acceptors (Lipinski definition) is 7. The number of nitro groups is 1. The quantitative estimate of drug-likeness (QED) is 0.0718. The fourth-order valence-corrected chi connectivity index (χ4v) is 5.09. The molecule has 0 spiro atoms. The molecule has 1 atom stereocenters. The molecule has 0 saturated carbocycles. The van der Waals surface area contributed by atoms with Crippen molar-refractivity contribution in [3.8, 4) is 5.75 Å². The second kappa shape index (κ2) is 14.9. The highest BCUT2D eigenvalue weighted by atomic mass is 35.5. The van der Waals surface area contributed by atoms with Gasteiger partial charge in [-0.1, -0.05) is 48.0 Å². The largest absolute Gasteiger partial charge is 0.495 e. The van der Waals surface area contributed by atoms with E-state index in [1.54, 1.807) is 85.8 Å². The van der Waals surface area contributed by atoms with E-state index in [0.29, 0.717) is 32.6 Å². The van der Waals surface area contributed by atoms with Crippen LogP contribution in [0.25, 0.3) is 6.08 Å². The average molecular weight is 631 g/mol. The lowest BCUT2D eigenvalue weighted by Gasteiger charge is -2.15. The Morgan fingerprint density at radius 3 is 2.39 bits per heavy atom. The Morgan fingerprint density at radius 1 is 0.932 bits per heavy atom. The first-order valence-corrected chi connectivity index (χ1v) is 14.4. The summed E-state index contributed by atoms with van der Waals surface area (Å²) in [7, 11) is 1.49. The van der Waals surface area contributed by atoms with Gasteiger partial charge in [0.25, 0.3) is 17.5 Å². The van der Waals surface area contributed by atoms with E-state index in [0.717, 1.165) is 0 Å². The van der Waals surface area contributed by atoms with Gasteiger partial charge in [-0.2, -0.15) is 0 Å². The van der Waals surface area contributed by atoms with E-state index in [9.17, 15) is 24.5 Å². The molecule has 1 unspecified atom stereocenters. The van der Waals surface area contributed by atoms with Crippen LogP contribution >= 0.6 is 23.4 Å². The molecule has 0 fully saturated rings. The third kappa shape index (κ3) is 8.46. The average Bonchev–Trinajstić information content (AvgIpc) is 3.01. The maximum absolute atomic E-state index is 13.4. The summed E-state index contributed by atoms with van der Waals surface area (Å²) in [5.74, 6) is -1.09. The number of halogens is 1. The highest BCUT2D eigenvalue weighted by molar-refractivity contribution is 8.00. The van der Waals surface area contributed by atoms with Crippen molar-refractivity contribution in [1.29, 1.82) is 0 Å². The van der Waals surface area contributed by atoms with Gasteiger partial charge < -0.3 is 20.7 Å². The predicted molar refractivity (Wildman–Crippen MR) is 172 cm³/mol. The van der Waals surface area contributed by atoms with Crippen molar-refractivity contribution in [2.75, 3.05) is 17.7 Å². The van der Waals surface area contributed by atoms with Crippen LogP contribution in [0.5, 0.6) is 5.75 Å². The summed E-state index contributed by atoms with van der Waals surface area (Å²) < 4.78 is 5.29. The number of nitrogens with one attached hydrogen (secondary N) is 3. The minimum Gasteiger partial charge on any atom is -0.495 e. The third-order valence-electron chi connectivity index (χ3n) is 6.16. The van der Waals surface area contributed by atoms with E-state index in [2.05, 4.69) is 16.0 Å². The summed E-state index contributed by atoms with van der Waals surface area (Å²) in [6.07, 6.45) is 1.25. The van der Waals surface area contributed by atoms with E-state index >= 15 is 0 Å². The Balaban J connectivity index is 1.53. The first kappa shape index (κ1) is 31.8.